The van der Waals surface area contributed by atoms with E-state index in [1.807, 2.05) is 18.2 Å². The van der Waals surface area contributed by atoms with Crippen LogP contribution in [0, 0.1) is 0 Å². The molecule has 0 heterocycles. The number of methoxy groups -OCH3 is 1. The number of quaternary nitrogens is 1. The molecule has 4 heteroatoms. The fourth-order valence-corrected chi connectivity index (χ4v) is 2.45. The van der Waals surface area contributed by atoms with Crippen molar-refractivity contribution in [1.29, 1.82) is 0 Å². The van der Waals surface area contributed by atoms with Crippen LogP contribution >= 0.6 is 0 Å². The molecule has 1 aromatic rings. The maximum atomic E-state index is 10.1. The number of hydrogen-bond donors (Lipinski definition) is 2. The highest BCUT2D eigenvalue weighted by Crippen LogP contribution is 2.34. The SMILES string of the molecule is CCCCC[NH2+]C[C@@H](O)COc1ccc(OC)cc1C(C)(C)C. The van der Waals surface area contributed by atoms with Crippen molar-refractivity contribution in [3.8, 4) is 11.5 Å². The molecule has 0 bridgehead atoms. The molecule has 0 spiro atoms. The van der Waals surface area contributed by atoms with Crippen molar-refractivity contribution < 1.29 is 19.9 Å². The van der Waals surface area contributed by atoms with Crippen LogP contribution in [-0.4, -0.2) is 38.0 Å². The van der Waals surface area contributed by atoms with Gasteiger partial charge in [0.2, 0.25) is 0 Å². The van der Waals surface area contributed by atoms with Crippen molar-refractivity contribution in [3.05, 3.63) is 23.8 Å². The number of unbranched alkanes of at least 4 members (excludes halogenated alkanes) is 2. The summed E-state index contributed by atoms with van der Waals surface area (Å²) in [5.41, 5.74) is 1.05. The monoisotopic (exact) mass is 324 g/mol. The summed E-state index contributed by atoms with van der Waals surface area (Å²) >= 11 is 0. The molecule has 1 atom stereocenters. The summed E-state index contributed by atoms with van der Waals surface area (Å²) < 4.78 is 11.2. The van der Waals surface area contributed by atoms with Crippen LogP contribution in [0.25, 0.3) is 0 Å². The summed E-state index contributed by atoms with van der Waals surface area (Å²) in [4.78, 5) is 0. The standard InChI is InChI=1S/C19H33NO3/c1-6-7-8-11-20-13-15(21)14-23-18-10-9-16(22-5)12-17(18)19(2,3)4/h9-10,12,15,20-21H,6-8,11,13-14H2,1-5H3/p+1/t15-/m1/s1. The highest BCUT2D eigenvalue weighted by atomic mass is 16.5. The van der Waals surface area contributed by atoms with Gasteiger partial charge in [0.05, 0.1) is 13.7 Å². The third-order valence-electron chi connectivity index (χ3n) is 3.88. The fraction of sp³-hybridized carbons (Fsp3) is 0.684. The summed E-state index contributed by atoms with van der Waals surface area (Å²) in [6.45, 7) is 10.7. The van der Waals surface area contributed by atoms with E-state index in [-0.39, 0.29) is 5.41 Å². The van der Waals surface area contributed by atoms with Gasteiger partial charge in [-0.3, -0.25) is 0 Å². The molecule has 1 aromatic carbocycles. The van der Waals surface area contributed by atoms with Gasteiger partial charge in [-0.15, -0.1) is 0 Å². The minimum atomic E-state index is -0.452. The van der Waals surface area contributed by atoms with Gasteiger partial charge in [-0.25, -0.2) is 0 Å². The third-order valence-corrected chi connectivity index (χ3v) is 3.88. The van der Waals surface area contributed by atoms with Gasteiger partial charge in [-0.1, -0.05) is 34.1 Å². The maximum Gasteiger partial charge on any atom is 0.137 e. The molecule has 0 fully saturated rings. The Morgan fingerprint density at radius 1 is 1.22 bits per heavy atom. The lowest BCUT2D eigenvalue weighted by molar-refractivity contribution is -0.661. The average Bonchev–Trinajstić information content (AvgIpc) is 2.51. The van der Waals surface area contributed by atoms with Crippen molar-refractivity contribution in [2.45, 2.75) is 58.5 Å². The number of ether oxygens (including phenoxy) is 2. The first-order valence-electron chi connectivity index (χ1n) is 8.69. The van der Waals surface area contributed by atoms with Crippen LogP contribution in [0.3, 0.4) is 0 Å². The van der Waals surface area contributed by atoms with Crippen molar-refractivity contribution in [1.82, 2.24) is 0 Å². The van der Waals surface area contributed by atoms with E-state index in [0.29, 0.717) is 13.2 Å². The average molecular weight is 324 g/mol. The Kier molecular flexibility index (Phi) is 8.42. The van der Waals surface area contributed by atoms with Crippen LogP contribution in [0.15, 0.2) is 18.2 Å². The Morgan fingerprint density at radius 2 is 1.96 bits per heavy atom. The van der Waals surface area contributed by atoms with Crippen molar-refractivity contribution in [2.24, 2.45) is 0 Å². The first kappa shape index (κ1) is 19.8. The second kappa shape index (κ2) is 9.78. The molecule has 0 amide bonds. The Bertz CT molecular complexity index is 454. The fourth-order valence-electron chi connectivity index (χ4n) is 2.45. The maximum absolute atomic E-state index is 10.1. The minimum Gasteiger partial charge on any atom is -0.497 e. The van der Waals surface area contributed by atoms with Crippen LogP contribution in [0.4, 0.5) is 0 Å². The first-order valence-corrected chi connectivity index (χ1v) is 8.69. The van der Waals surface area contributed by atoms with Crippen LogP contribution in [0.2, 0.25) is 0 Å². The number of rotatable bonds is 10. The van der Waals surface area contributed by atoms with E-state index in [9.17, 15) is 5.11 Å². The first-order chi connectivity index (χ1) is 10.9. The van der Waals surface area contributed by atoms with Crippen LogP contribution in [0.5, 0.6) is 11.5 Å². The zero-order valence-corrected chi connectivity index (χ0v) is 15.4. The molecule has 0 aliphatic carbocycles. The lowest BCUT2D eigenvalue weighted by Gasteiger charge is -2.24. The summed E-state index contributed by atoms with van der Waals surface area (Å²) in [5, 5.41) is 12.2. The van der Waals surface area contributed by atoms with E-state index in [2.05, 4.69) is 33.0 Å². The topological polar surface area (TPSA) is 55.3 Å². The second-order valence-corrected chi connectivity index (χ2v) is 7.10. The van der Waals surface area contributed by atoms with Gasteiger partial charge in [0.1, 0.15) is 30.8 Å². The van der Waals surface area contributed by atoms with Gasteiger partial charge in [-0.05, 0) is 36.5 Å². The van der Waals surface area contributed by atoms with E-state index in [4.69, 9.17) is 9.47 Å². The van der Waals surface area contributed by atoms with Crippen LogP contribution < -0.4 is 14.8 Å². The number of hydrogen-bond acceptors (Lipinski definition) is 3. The van der Waals surface area contributed by atoms with E-state index >= 15 is 0 Å². The molecule has 1 rings (SSSR count). The number of benzene rings is 1. The Hall–Kier alpha value is -1.26. The molecule has 0 unspecified atom stereocenters. The molecular weight excluding hydrogens is 290 g/mol. The second-order valence-electron chi connectivity index (χ2n) is 7.10. The molecular formula is C19H34NO3+. The summed E-state index contributed by atoms with van der Waals surface area (Å²) in [7, 11) is 1.67. The lowest BCUT2D eigenvalue weighted by Crippen LogP contribution is -2.86. The van der Waals surface area contributed by atoms with Gasteiger partial charge in [0.25, 0.3) is 0 Å². The number of aliphatic hydroxyl groups is 1. The minimum absolute atomic E-state index is 0.0406. The highest BCUT2D eigenvalue weighted by Gasteiger charge is 2.20. The summed E-state index contributed by atoms with van der Waals surface area (Å²) in [6.07, 6.45) is 3.24. The molecule has 0 aliphatic rings. The van der Waals surface area contributed by atoms with E-state index in [1.54, 1.807) is 7.11 Å². The Balaban J connectivity index is 2.53. The molecule has 0 aromatic heterocycles. The van der Waals surface area contributed by atoms with E-state index in [1.165, 1.54) is 19.3 Å². The molecule has 0 radical (unpaired) electrons. The van der Waals surface area contributed by atoms with E-state index < -0.39 is 6.10 Å². The lowest BCUT2D eigenvalue weighted by atomic mass is 9.86. The van der Waals surface area contributed by atoms with Crippen molar-refractivity contribution in [3.63, 3.8) is 0 Å². The quantitative estimate of drug-likeness (QED) is 0.650. The van der Waals surface area contributed by atoms with Gasteiger partial charge < -0.3 is 19.9 Å². The predicted octanol–water partition coefficient (Wildman–Crippen LogP) is 2.49. The van der Waals surface area contributed by atoms with Crippen LogP contribution in [-0.2, 0) is 5.41 Å². The highest BCUT2D eigenvalue weighted by molar-refractivity contribution is 5.44. The van der Waals surface area contributed by atoms with E-state index in [0.717, 1.165) is 23.6 Å². The number of aliphatic hydroxyl groups excluding tert-OH is 1. The molecule has 4 nitrogen and oxygen atoms in total. The van der Waals surface area contributed by atoms with Gasteiger partial charge in [0, 0.05) is 5.56 Å². The van der Waals surface area contributed by atoms with Gasteiger partial charge in [-0.2, -0.15) is 0 Å². The zero-order chi connectivity index (χ0) is 17.3. The molecule has 0 saturated heterocycles. The molecule has 23 heavy (non-hydrogen) atoms. The smallest absolute Gasteiger partial charge is 0.137 e. The number of nitrogens with two attached hydrogens (primary N) is 1. The van der Waals surface area contributed by atoms with Crippen LogP contribution in [0.1, 0.15) is 52.5 Å². The summed E-state index contributed by atoms with van der Waals surface area (Å²) in [5.74, 6) is 1.65. The molecule has 3 N–H and O–H groups in total. The molecule has 132 valence electrons. The Morgan fingerprint density at radius 3 is 2.57 bits per heavy atom. The van der Waals surface area contributed by atoms with Gasteiger partial charge in [0.15, 0.2) is 0 Å². The molecule has 0 aliphatic heterocycles. The normalized spacial score (nSPS) is 13.0. The van der Waals surface area contributed by atoms with Crippen molar-refractivity contribution in [2.75, 3.05) is 26.8 Å². The zero-order valence-electron chi connectivity index (χ0n) is 15.4. The predicted molar refractivity (Wildman–Crippen MR) is 94.4 cm³/mol. The largest absolute Gasteiger partial charge is 0.497 e. The Labute approximate surface area is 141 Å². The molecule has 0 saturated carbocycles. The third kappa shape index (κ3) is 7.23. The van der Waals surface area contributed by atoms with Crippen molar-refractivity contribution >= 4 is 0 Å². The summed E-state index contributed by atoms with van der Waals surface area (Å²) in [6, 6.07) is 5.84. The van der Waals surface area contributed by atoms with Gasteiger partial charge >= 0.3 is 0 Å².